The molecule has 2 atom stereocenters. The first kappa shape index (κ1) is 9.44. The van der Waals surface area contributed by atoms with Gasteiger partial charge in [0.25, 0.3) is 0 Å². The van der Waals surface area contributed by atoms with Crippen LogP contribution in [0, 0.1) is 0 Å². The number of hydrogen-bond donors (Lipinski definition) is 1. The Kier molecular flexibility index (Phi) is 3.19. The van der Waals surface area contributed by atoms with E-state index in [1.807, 2.05) is 7.11 Å². The lowest BCUT2D eigenvalue weighted by atomic mass is 10.2. The van der Waals surface area contributed by atoms with Crippen molar-refractivity contribution in [3.05, 3.63) is 0 Å². The molecule has 1 N–H and O–H groups in total. The average Bonchev–Trinajstić information content (AvgIpc) is 2.71. The maximum absolute atomic E-state index is 5.25. The van der Waals surface area contributed by atoms with Gasteiger partial charge in [0, 0.05) is 25.7 Å². The molecule has 2 saturated heterocycles. The summed E-state index contributed by atoms with van der Waals surface area (Å²) in [6.07, 6.45) is 4.00. The second kappa shape index (κ2) is 4.40. The number of hydrogen-bond acceptors (Lipinski definition) is 3. The number of nitrogens with one attached hydrogen (secondary N) is 1. The smallest absolute Gasteiger partial charge is 0.0618 e. The van der Waals surface area contributed by atoms with E-state index in [4.69, 9.17) is 4.74 Å². The molecule has 0 spiro atoms. The van der Waals surface area contributed by atoms with Gasteiger partial charge in [-0.25, -0.2) is 0 Å². The van der Waals surface area contributed by atoms with Crippen LogP contribution in [-0.2, 0) is 4.74 Å². The first-order valence-electron chi connectivity index (χ1n) is 5.37. The summed E-state index contributed by atoms with van der Waals surface area (Å²) in [5.41, 5.74) is 0. The van der Waals surface area contributed by atoms with Crippen LogP contribution in [0.4, 0.5) is 0 Å². The third-order valence-electron chi connectivity index (χ3n) is 3.29. The second-order valence-corrected chi connectivity index (χ2v) is 4.14. The van der Waals surface area contributed by atoms with Crippen LogP contribution >= 0.6 is 0 Å². The van der Waals surface area contributed by atoms with E-state index < -0.39 is 0 Å². The minimum Gasteiger partial charge on any atom is -0.383 e. The van der Waals surface area contributed by atoms with E-state index in [1.165, 1.54) is 38.9 Å². The Morgan fingerprint density at radius 2 is 2.38 bits per heavy atom. The SMILES string of the molecule is COC[C@@H]1CCCN1[C@@H]1CCNC1. The highest BCUT2D eigenvalue weighted by atomic mass is 16.5. The van der Waals surface area contributed by atoms with Crippen LogP contribution in [0.25, 0.3) is 0 Å². The lowest BCUT2D eigenvalue weighted by molar-refractivity contribution is 0.0939. The molecule has 2 aliphatic heterocycles. The van der Waals surface area contributed by atoms with E-state index in [9.17, 15) is 0 Å². The van der Waals surface area contributed by atoms with Crippen molar-refractivity contribution < 1.29 is 4.74 Å². The Morgan fingerprint density at radius 1 is 1.46 bits per heavy atom. The molecule has 3 nitrogen and oxygen atoms in total. The Balaban J connectivity index is 1.88. The molecule has 2 rings (SSSR count). The molecule has 0 saturated carbocycles. The second-order valence-electron chi connectivity index (χ2n) is 4.14. The fraction of sp³-hybridized carbons (Fsp3) is 1.00. The van der Waals surface area contributed by atoms with Crippen molar-refractivity contribution in [1.29, 1.82) is 0 Å². The molecule has 0 unspecified atom stereocenters. The van der Waals surface area contributed by atoms with Crippen LogP contribution in [0.2, 0.25) is 0 Å². The standard InChI is InChI=1S/C10H20N2O/c1-13-8-10-3-2-6-12(10)9-4-5-11-7-9/h9-11H,2-8H2,1H3/t9-,10+/m1/s1. The highest BCUT2D eigenvalue weighted by molar-refractivity contribution is 4.88. The topological polar surface area (TPSA) is 24.5 Å². The van der Waals surface area contributed by atoms with Gasteiger partial charge in [-0.05, 0) is 32.4 Å². The monoisotopic (exact) mass is 184 g/mol. The fourth-order valence-corrected chi connectivity index (χ4v) is 2.63. The summed E-state index contributed by atoms with van der Waals surface area (Å²) in [5.74, 6) is 0. The summed E-state index contributed by atoms with van der Waals surface area (Å²) in [4.78, 5) is 2.64. The molecule has 2 fully saturated rings. The van der Waals surface area contributed by atoms with Gasteiger partial charge in [0.15, 0.2) is 0 Å². The van der Waals surface area contributed by atoms with Crippen molar-refractivity contribution in [2.45, 2.75) is 31.3 Å². The average molecular weight is 184 g/mol. The van der Waals surface area contributed by atoms with Crippen molar-refractivity contribution in [3.63, 3.8) is 0 Å². The molecule has 2 aliphatic rings. The van der Waals surface area contributed by atoms with Crippen molar-refractivity contribution in [1.82, 2.24) is 10.2 Å². The first-order valence-corrected chi connectivity index (χ1v) is 5.37. The van der Waals surface area contributed by atoms with Gasteiger partial charge >= 0.3 is 0 Å². The van der Waals surface area contributed by atoms with E-state index in [1.54, 1.807) is 0 Å². The van der Waals surface area contributed by atoms with Crippen molar-refractivity contribution in [2.24, 2.45) is 0 Å². The molecule has 2 heterocycles. The maximum atomic E-state index is 5.25. The van der Waals surface area contributed by atoms with E-state index >= 15 is 0 Å². The normalized spacial score (nSPS) is 35.8. The Bertz CT molecular complexity index is 157. The Morgan fingerprint density at radius 3 is 3.08 bits per heavy atom. The summed E-state index contributed by atoms with van der Waals surface area (Å²) < 4.78 is 5.25. The van der Waals surface area contributed by atoms with Gasteiger partial charge < -0.3 is 10.1 Å². The van der Waals surface area contributed by atoms with E-state index in [2.05, 4.69) is 10.2 Å². The molecule has 0 aromatic heterocycles. The summed E-state index contributed by atoms with van der Waals surface area (Å²) in [5, 5.41) is 3.43. The van der Waals surface area contributed by atoms with Gasteiger partial charge in [0.1, 0.15) is 0 Å². The van der Waals surface area contributed by atoms with Gasteiger partial charge in [-0.3, -0.25) is 4.90 Å². The first-order chi connectivity index (χ1) is 6.42. The number of nitrogens with zero attached hydrogens (tertiary/aromatic N) is 1. The summed E-state index contributed by atoms with van der Waals surface area (Å²) >= 11 is 0. The van der Waals surface area contributed by atoms with E-state index in [-0.39, 0.29) is 0 Å². The van der Waals surface area contributed by atoms with Gasteiger partial charge in [0.2, 0.25) is 0 Å². The molecule has 13 heavy (non-hydrogen) atoms. The van der Waals surface area contributed by atoms with Crippen LogP contribution in [-0.4, -0.2) is 50.3 Å². The quantitative estimate of drug-likeness (QED) is 0.689. The minimum atomic E-state index is 0.690. The van der Waals surface area contributed by atoms with Gasteiger partial charge in [-0.2, -0.15) is 0 Å². The van der Waals surface area contributed by atoms with Crippen LogP contribution < -0.4 is 5.32 Å². The largest absolute Gasteiger partial charge is 0.383 e. The van der Waals surface area contributed by atoms with Crippen molar-refractivity contribution in [3.8, 4) is 0 Å². The lowest BCUT2D eigenvalue weighted by Crippen LogP contribution is -2.42. The van der Waals surface area contributed by atoms with Gasteiger partial charge in [-0.15, -0.1) is 0 Å². The predicted molar refractivity (Wildman–Crippen MR) is 52.9 cm³/mol. The molecule has 0 radical (unpaired) electrons. The van der Waals surface area contributed by atoms with Crippen LogP contribution in [0.5, 0.6) is 0 Å². The van der Waals surface area contributed by atoms with Crippen molar-refractivity contribution >= 4 is 0 Å². The number of likely N-dealkylation sites (tertiary alicyclic amines) is 1. The summed E-state index contributed by atoms with van der Waals surface area (Å²) in [6, 6.07) is 1.47. The summed E-state index contributed by atoms with van der Waals surface area (Å²) in [7, 11) is 1.81. The van der Waals surface area contributed by atoms with Crippen LogP contribution in [0.15, 0.2) is 0 Å². The fourth-order valence-electron chi connectivity index (χ4n) is 2.63. The zero-order valence-corrected chi connectivity index (χ0v) is 8.46. The number of methoxy groups -OCH3 is 1. The molecule has 0 aliphatic carbocycles. The van der Waals surface area contributed by atoms with Crippen LogP contribution in [0.3, 0.4) is 0 Å². The Hall–Kier alpha value is -0.120. The molecule has 0 aromatic carbocycles. The molecule has 76 valence electrons. The predicted octanol–water partition coefficient (Wildman–Crippen LogP) is 0.459. The molecule has 0 aromatic rings. The van der Waals surface area contributed by atoms with E-state index in [0.717, 1.165) is 12.6 Å². The van der Waals surface area contributed by atoms with Crippen molar-refractivity contribution in [2.75, 3.05) is 33.4 Å². The minimum absolute atomic E-state index is 0.690. The maximum Gasteiger partial charge on any atom is 0.0618 e. The van der Waals surface area contributed by atoms with E-state index in [0.29, 0.717) is 6.04 Å². The zero-order valence-electron chi connectivity index (χ0n) is 8.46. The molecular formula is C10H20N2O. The number of rotatable bonds is 3. The highest BCUT2D eigenvalue weighted by Gasteiger charge is 2.31. The Labute approximate surface area is 80.4 Å². The zero-order chi connectivity index (χ0) is 9.10. The summed E-state index contributed by atoms with van der Waals surface area (Å²) in [6.45, 7) is 4.57. The third kappa shape index (κ3) is 2.03. The van der Waals surface area contributed by atoms with Gasteiger partial charge in [0.05, 0.1) is 6.61 Å². The van der Waals surface area contributed by atoms with Gasteiger partial charge in [-0.1, -0.05) is 0 Å². The highest BCUT2D eigenvalue weighted by Crippen LogP contribution is 2.22. The third-order valence-corrected chi connectivity index (χ3v) is 3.29. The molecule has 0 amide bonds. The molecule has 0 bridgehead atoms. The lowest BCUT2D eigenvalue weighted by Gasteiger charge is -2.29. The molecular weight excluding hydrogens is 164 g/mol. The number of ether oxygens (including phenoxy) is 1. The van der Waals surface area contributed by atoms with Crippen LogP contribution in [0.1, 0.15) is 19.3 Å². The molecule has 3 heteroatoms.